The van der Waals surface area contributed by atoms with Gasteiger partial charge in [0.1, 0.15) is 0 Å². The lowest BCUT2D eigenvalue weighted by Gasteiger charge is -2.30. The van der Waals surface area contributed by atoms with Gasteiger partial charge in [-0.25, -0.2) is 8.42 Å². The fraction of sp³-hybridized carbons (Fsp3) is 0.750. The van der Waals surface area contributed by atoms with Crippen molar-refractivity contribution in [3.63, 3.8) is 0 Å². The molecule has 0 aliphatic rings. The van der Waals surface area contributed by atoms with E-state index in [9.17, 15) is 8.42 Å². The summed E-state index contributed by atoms with van der Waals surface area (Å²) in [4.78, 5) is 0. The van der Waals surface area contributed by atoms with Crippen LogP contribution in [0.2, 0.25) is 0 Å². The summed E-state index contributed by atoms with van der Waals surface area (Å²) in [6.07, 6.45) is 2.54. The van der Waals surface area contributed by atoms with Crippen molar-refractivity contribution in [3.05, 3.63) is 12.7 Å². The van der Waals surface area contributed by atoms with Gasteiger partial charge in [0.15, 0.2) is 0 Å². The first-order valence-corrected chi connectivity index (χ1v) is 9.24. The van der Waals surface area contributed by atoms with Crippen LogP contribution in [-0.4, -0.2) is 38.5 Å². The molecule has 0 spiro atoms. The Kier molecular flexibility index (Phi) is 6.93. The Labute approximate surface area is 103 Å². The van der Waals surface area contributed by atoms with Crippen LogP contribution in [0.3, 0.4) is 0 Å². The van der Waals surface area contributed by atoms with Crippen LogP contribution in [0, 0.1) is 0 Å². The van der Waals surface area contributed by atoms with Crippen LogP contribution in [0.15, 0.2) is 12.7 Å². The molecule has 0 aromatic carbocycles. The fourth-order valence-corrected chi connectivity index (χ4v) is 6.35. The molecular formula is C8H18NO4PS2. The van der Waals surface area contributed by atoms with E-state index in [-0.39, 0.29) is 6.54 Å². The summed E-state index contributed by atoms with van der Waals surface area (Å²) in [5.74, 6) is 0. The van der Waals surface area contributed by atoms with Gasteiger partial charge in [-0.3, -0.25) is 0 Å². The lowest BCUT2D eigenvalue weighted by Crippen LogP contribution is -2.29. The van der Waals surface area contributed by atoms with E-state index in [4.69, 9.17) is 20.9 Å². The van der Waals surface area contributed by atoms with Crippen LogP contribution in [-0.2, 0) is 30.9 Å². The second-order valence-corrected chi connectivity index (χ2v) is 8.36. The normalized spacial score (nSPS) is 13.0. The monoisotopic (exact) mass is 287 g/mol. The molecule has 0 bridgehead atoms. The molecule has 96 valence electrons. The SMILES string of the molecule is C=CCN(P(=S)(OCC)OCC)S(C)(=O)=O. The molecule has 0 aromatic heterocycles. The van der Waals surface area contributed by atoms with E-state index in [1.165, 1.54) is 6.08 Å². The third kappa shape index (κ3) is 4.61. The molecule has 0 saturated carbocycles. The summed E-state index contributed by atoms with van der Waals surface area (Å²) >= 11 is 5.20. The molecule has 5 nitrogen and oxygen atoms in total. The lowest BCUT2D eigenvalue weighted by atomic mass is 10.7. The van der Waals surface area contributed by atoms with E-state index in [2.05, 4.69) is 6.58 Å². The molecule has 0 radical (unpaired) electrons. The molecule has 0 saturated heterocycles. The number of hydrogen-bond acceptors (Lipinski definition) is 5. The highest BCUT2D eigenvalue weighted by Crippen LogP contribution is 2.53. The van der Waals surface area contributed by atoms with Crippen molar-refractivity contribution in [2.24, 2.45) is 0 Å². The second kappa shape index (κ2) is 6.83. The van der Waals surface area contributed by atoms with Crippen LogP contribution in [0.1, 0.15) is 13.8 Å². The standard InChI is InChI=1S/C8H18NO4PS2/c1-5-8-9(16(4,10)11)14(15,12-6-2)13-7-3/h5H,1,6-8H2,2-4H3. The third-order valence-electron chi connectivity index (χ3n) is 1.53. The maximum Gasteiger partial charge on any atom is 0.277 e. The molecule has 0 heterocycles. The predicted molar refractivity (Wildman–Crippen MR) is 69.3 cm³/mol. The molecule has 8 heteroatoms. The zero-order valence-electron chi connectivity index (χ0n) is 9.75. The van der Waals surface area contributed by atoms with Crippen molar-refractivity contribution in [3.8, 4) is 0 Å². The molecule has 0 amide bonds. The van der Waals surface area contributed by atoms with Gasteiger partial charge in [-0.15, -0.1) is 10.7 Å². The Morgan fingerprint density at radius 1 is 1.38 bits per heavy atom. The summed E-state index contributed by atoms with van der Waals surface area (Å²) in [6.45, 7) is 4.74. The van der Waals surface area contributed by atoms with Crippen molar-refractivity contribution >= 4 is 28.5 Å². The highest BCUT2D eigenvalue weighted by atomic mass is 32.5. The van der Waals surface area contributed by atoms with Gasteiger partial charge in [0.2, 0.25) is 10.0 Å². The Balaban J connectivity index is 5.26. The van der Waals surface area contributed by atoms with Gasteiger partial charge in [-0.2, -0.15) is 0 Å². The van der Waals surface area contributed by atoms with Gasteiger partial charge >= 0.3 is 0 Å². The van der Waals surface area contributed by atoms with Gasteiger partial charge in [-0.05, 0) is 25.7 Å². The van der Waals surface area contributed by atoms with Crippen molar-refractivity contribution < 1.29 is 17.5 Å². The Hall–Kier alpha value is 0.220. The number of rotatable bonds is 8. The topological polar surface area (TPSA) is 55.8 Å². The summed E-state index contributed by atoms with van der Waals surface area (Å²) in [5.41, 5.74) is 0. The minimum Gasteiger partial charge on any atom is -0.317 e. The highest BCUT2D eigenvalue weighted by molar-refractivity contribution is 8.13. The largest absolute Gasteiger partial charge is 0.317 e. The Morgan fingerprint density at radius 3 is 2.06 bits per heavy atom. The number of hydrogen-bond donors (Lipinski definition) is 0. The van der Waals surface area contributed by atoms with Gasteiger partial charge < -0.3 is 9.05 Å². The minimum absolute atomic E-state index is 0.0934. The molecule has 0 fully saturated rings. The molecule has 0 aliphatic carbocycles. The molecule has 0 N–H and O–H groups in total. The van der Waals surface area contributed by atoms with Gasteiger partial charge in [0.25, 0.3) is 6.64 Å². The maximum absolute atomic E-state index is 11.6. The van der Waals surface area contributed by atoms with E-state index in [0.717, 1.165) is 10.3 Å². The first-order chi connectivity index (χ1) is 7.31. The van der Waals surface area contributed by atoms with E-state index in [0.29, 0.717) is 13.2 Å². The predicted octanol–water partition coefficient (Wildman–Crippen LogP) is 1.73. The number of sulfonamides is 1. The van der Waals surface area contributed by atoms with Crippen LogP contribution >= 0.6 is 6.64 Å². The minimum atomic E-state index is -3.47. The average Bonchev–Trinajstić information content (AvgIpc) is 2.13. The Bertz CT molecular complexity index is 358. The van der Waals surface area contributed by atoms with E-state index in [1.807, 2.05) is 0 Å². The molecule has 0 aliphatic heterocycles. The fourth-order valence-electron chi connectivity index (χ4n) is 1.02. The van der Waals surface area contributed by atoms with Crippen LogP contribution in [0.25, 0.3) is 0 Å². The molecule has 0 aromatic rings. The molecule has 0 atom stereocenters. The quantitative estimate of drug-likeness (QED) is 0.503. The van der Waals surface area contributed by atoms with Crippen LogP contribution in [0.4, 0.5) is 0 Å². The average molecular weight is 287 g/mol. The van der Waals surface area contributed by atoms with Gasteiger partial charge in [0, 0.05) is 6.54 Å². The summed E-state index contributed by atoms with van der Waals surface area (Å²) in [7, 11) is -3.47. The first kappa shape index (κ1) is 16.2. The second-order valence-electron chi connectivity index (χ2n) is 2.86. The van der Waals surface area contributed by atoms with Crippen LogP contribution in [0.5, 0.6) is 0 Å². The summed E-state index contributed by atoms with van der Waals surface area (Å²) in [5, 5.41) is 0. The highest BCUT2D eigenvalue weighted by Gasteiger charge is 2.34. The van der Waals surface area contributed by atoms with Crippen LogP contribution < -0.4 is 0 Å². The third-order valence-corrected chi connectivity index (χ3v) is 7.39. The summed E-state index contributed by atoms with van der Waals surface area (Å²) < 4.78 is 34.9. The van der Waals surface area contributed by atoms with Crippen molar-refractivity contribution in [2.45, 2.75) is 13.8 Å². The van der Waals surface area contributed by atoms with Gasteiger partial charge in [0.05, 0.1) is 19.5 Å². The van der Waals surface area contributed by atoms with E-state index >= 15 is 0 Å². The molecule has 16 heavy (non-hydrogen) atoms. The molecule has 0 unspecified atom stereocenters. The Morgan fingerprint density at radius 2 is 1.81 bits per heavy atom. The first-order valence-electron chi connectivity index (χ1n) is 4.80. The zero-order valence-corrected chi connectivity index (χ0v) is 12.3. The van der Waals surface area contributed by atoms with Crippen molar-refractivity contribution in [1.82, 2.24) is 4.08 Å². The van der Waals surface area contributed by atoms with Crippen molar-refractivity contribution in [1.29, 1.82) is 0 Å². The maximum atomic E-state index is 11.6. The molecular weight excluding hydrogens is 269 g/mol. The van der Waals surface area contributed by atoms with E-state index < -0.39 is 16.7 Å². The smallest absolute Gasteiger partial charge is 0.277 e. The lowest BCUT2D eigenvalue weighted by molar-refractivity contribution is 0.242. The summed E-state index contributed by atoms with van der Waals surface area (Å²) in [6, 6.07) is 0. The van der Waals surface area contributed by atoms with Crippen molar-refractivity contribution in [2.75, 3.05) is 26.0 Å². The van der Waals surface area contributed by atoms with E-state index in [1.54, 1.807) is 13.8 Å². The van der Waals surface area contributed by atoms with Gasteiger partial charge in [-0.1, -0.05) is 6.08 Å². The number of nitrogens with zero attached hydrogens (tertiary/aromatic N) is 1. The molecule has 0 rings (SSSR count). The zero-order chi connectivity index (χ0) is 12.8.